The van der Waals surface area contributed by atoms with Gasteiger partial charge in [0, 0.05) is 19.0 Å². The second-order valence-corrected chi connectivity index (χ2v) is 7.17. The van der Waals surface area contributed by atoms with E-state index in [1.54, 1.807) is 31.9 Å². The number of aliphatic hydroxyl groups excluding tert-OH is 1. The number of aliphatic hydroxyl groups is 1. The van der Waals surface area contributed by atoms with Crippen LogP contribution in [0.1, 0.15) is 40.5 Å². The van der Waals surface area contributed by atoms with Gasteiger partial charge in [-0.2, -0.15) is 8.75 Å². The van der Waals surface area contributed by atoms with Crippen molar-refractivity contribution in [1.29, 1.82) is 0 Å². The van der Waals surface area contributed by atoms with Crippen LogP contribution in [0, 0.1) is 19.8 Å². The summed E-state index contributed by atoms with van der Waals surface area (Å²) in [7, 11) is 1.69. The maximum Gasteiger partial charge on any atom is 0.273 e. The molecule has 0 saturated heterocycles. The molecule has 3 atom stereocenters. The van der Waals surface area contributed by atoms with Crippen LogP contribution in [0.2, 0.25) is 0 Å². The molecule has 10 heteroatoms. The number of aromatic nitrogens is 3. The second kappa shape index (κ2) is 7.50. The van der Waals surface area contributed by atoms with Crippen molar-refractivity contribution >= 4 is 23.5 Å². The van der Waals surface area contributed by atoms with Crippen molar-refractivity contribution < 1.29 is 19.2 Å². The summed E-state index contributed by atoms with van der Waals surface area (Å²) in [5, 5.41) is 16.9. The first-order valence-corrected chi connectivity index (χ1v) is 9.03. The maximum atomic E-state index is 12.6. The Morgan fingerprint density at radius 2 is 2.15 bits per heavy atom. The highest BCUT2D eigenvalue weighted by Crippen LogP contribution is 2.28. The molecule has 2 N–H and O–H groups in total. The summed E-state index contributed by atoms with van der Waals surface area (Å²) in [5.41, 5.74) is 1.49. The topological polar surface area (TPSA) is 121 Å². The summed E-state index contributed by atoms with van der Waals surface area (Å²) < 4.78 is 12.9. The number of nitrogens with one attached hydrogen (secondary N) is 1. The molecule has 2 amide bonds. The molecule has 0 bridgehead atoms. The van der Waals surface area contributed by atoms with Gasteiger partial charge in [-0.3, -0.25) is 9.59 Å². The zero-order valence-corrected chi connectivity index (χ0v) is 15.6. The number of aryl methyl sites for hydroxylation is 2. The third-order valence-corrected chi connectivity index (χ3v) is 5.13. The highest BCUT2D eigenvalue weighted by Gasteiger charge is 2.39. The van der Waals surface area contributed by atoms with Crippen LogP contribution in [0.4, 0.5) is 0 Å². The fraction of sp³-hybridized carbons (Fsp3) is 0.562. The first-order chi connectivity index (χ1) is 12.3. The Hall–Kier alpha value is -2.33. The van der Waals surface area contributed by atoms with Crippen LogP contribution in [0.3, 0.4) is 0 Å². The summed E-state index contributed by atoms with van der Waals surface area (Å²) in [6.07, 6.45) is -0.0902. The molecule has 1 aliphatic carbocycles. The number of rotatable bonds is 5. The van der Waals surface area contributed by atoms with Crippen LogP contribution >= 0.6 is 11.7 Å². The molecule has 0 unspecified atom stereocenters. The molecule has 0 aliphatic heterocycles. The van der Waals surface area contributed by atoms with Crippen LogP contribution in [-0.4, -0.2) is 54.9 Å². The van der Waals surface area contributed by atoms with E-state index in [-0.39, 0.29) is 23.4 Å². The zero-order chi connectivity index (χ0) is 18.8. The molecular formula is C16H21N5O4S. The monoisotopic (exact) mass is 379 g/mol. The Balaban J connectivity index is 1.58. The number of carbonyl (C=O) groups excluding carboxylic acids is 2. The van der Waals surface area contributed by atoms with Crippen molar-refractivity contribution in [2.45, 2.75) is 45.4 Å². The average Bonchev–Trinajstić information content (AvgIpc) is 3.28. The smallest absolute Gasteiger partial charge is 0.273 e. The Morgan fingerprint density at radius 1 is 1.38 bits per heavy atom. The van der Waals surface area contributed by atoms with Crippen molar-refractivity contribution in [3.8, 4) is 0 Å². The number of hydrogen-bond donors (Lipinski definition) is 2. The van der Waals surface area contributed by atoms with Crippen molar-refractivity contribution in [2.75, 3.05) is 7.05 Å². The maximum absolute atomic E-state index is 12.6. The summed E-state index contributed by atoms with van der Waals surface area (Å²) in [6.45, 7) is 3.83. The van der Waals surface area contributed by atoms with E-state index in [0.29, 0.717) is 36.5 Å². The predicted octanol–water partition coefficient (Wildman–Crippen LogP) is 0.671. The quantitative estimate of drug-likeness (QED) is 0.783. The van der Waals surface area contributed by atoms with Gasteiger partial charge >= 0.3 is 0 Å². The molecule has 2 aromatic heterocycles. The van der Waals surface area contributed by atoms with Crippen LogP contribution in [0.5, 0.6) is 0 Å². The number of amides is 2. The Labute approximate surface area is 154 Å². The van der Waals surface area contributed by atoms with Crippen molar-refractivity contribution in [1.82, 2.24) is 24.1 Å². The largest absolute Gasteiger partial charge is 0.391 e. The first-order valence-electron chi connectivity index (χ1n) is 8.30. The van der Waals surface area contributed by atoms with Gasteiger partial charge in [-0.1, -0.05) is 5.16 Å². The summed E-state index contributed by atoms with van der Waals surface area (Å²) in [5.74, 6) is -0.137. The lowest BCUT2D eigenvalue weighted by Gasteiger charge is -2.20. The lowest BCUT2D eigenvalue weighted by Crippen LogP contribution is -2.40. The van der Waals surface area contributed by atoms with Gasteiger partial charge in [-0.25, -0.2) is 0 Å². The minimum Gasteiger partial charge on any atom is -0.391 e. The molecule has 2 heterocycles. The van der Waals surface area contributed by atoms with Crippen molar-refractivity contribution in [2.24, 2.45) is 5.92 Å². The molecule has 1 fully saturated rings. The molecule has 26 heavy (non-hydrogen) atoms. The molecule has 3 rings (SSSR count). The molecule has 0 radical (unpaired) electrons. The predicted molar refractivity (Wildman–Crippen MR) is 92.3 cm³/mol. The molecule has 2 aromatic rings. The van der Waals surface area contributed by atoms with E-state index < -0.39 is 12.1 Å². The highest BCUT2D eigenvalue weighted by atomic mass is 32.1. The van der Waals surface area contributed by atoms with Crippen molar-refractivity contribution in [3.05, 3.63) is 28.9 Å². The zero-order valence-electron chi connectivity index (χ0n) is 14.8. The molecular weight excluding hydrogens is 358 g/mol. The Kier molecular flexibility index (Phi) is 5.33. The Morgan fingerprint density at radius 3 is 2.77 bits per heavy atom. The van der Waals surface area contributed by atoms with E-state index in [1.165, 1.54) is 0 Å². The summed E-state index contributed by atoms with van der Waals surface area (Å²) >= 11 is 0.967. The Bertz CT molecular complexity index is 804. The van der Waals surface area contributed by atoms with Crippen molar-refractivity contribution in [3.63, 3.8) is 0 Å². The van der Waals surface area contributed by atoms with E-state index in [4.69, 9.17) is 4.52 Å². The number of nitrogens with zero attached hydrogens (tertiary/aromatic N) is 4. The van der Waals surface area contributed by atoms with Gasteiger partial charge in [0.1, 0.15) is 11.5 Å². The molecule has 9 nitrogen and oxygen atoms in total. The van der Waals surface area contributed by atoms with Gasteiger partial charge in [0.05, 0.1) is 36.1 Å². The summed E-state index contributed by atoms with van der Waals surface area (Å²) in [6, 6.07) is 1.29. The van der Waals surface area contributed by atoms with Crippen LogP contribution < -0.4 is 5.32 Å². The minimum atomic E-state index is -0.775. The normalized spacial score (nSPS) is 22.4. The van der Waals surface area contributed by atoms with E-state index in [1.807, 2.05) is 0 Å². The second-order valence-electron chi connectivity index (χ2n) is 6.64. The molecule has 0 spiro atoms. The van der Waals surface area contributed by atoms with Gasteiger partial charge in [-0.05, 0) is 26.7 Å². The lowest BCUT2D eigenvalue weighted by molar-refractivity contribution is -0.134. The van der Waals surface area contributed by atoms with Gasteiger partial charge in [0.2, 0.25) is 5.91 Å². The average molecular weight is 379 g/mol. The van der Waals surface area contributed by atoms with E-state index in [2.05, 4.69) is 19.2 Å². The number of hydrogen-bond acceptors (Lipinski definition) is 8. The fourth-order valence-corrected chi connectivity index (χ4v) is 3.72. The van der Waals surface area contributed by atoms with Crippen LogP contribution in [0.15, 0.2) is 10.6 Å². The highest BCUT2D eigenvalue weighted by molar-refractivity contribution is 6.99. The minimum absolute atomic E-state index is 0.0899. The van der Waals surface area contributed by atoms with Gasteiger partial charge in [-0.15, -0.1) is 0 Å². The van der Waals surface area contributed by atoms with Gasteiger partial charge in [0.15, 0.2) is 5.69 Å². The first kappa shape index (κ1) is 18.5. The van der Waals surface area contributed by atoms with Gasteiger partial charge < -0.3 is 19.8 Å². The van der Waals surface area contributed by atoms with E-state index in [9.17, 15) is 14.7 Å². The van der Waals surface area contributed by atoms with Crippen LogP contribution in [0.25, 0.3) is 0 Å². The fourth-order valence-electron chi connectivity index (χ4n) is 3.17. The SMILES string of the molecule is Cc1cc(CN(C)C(=O)[C@@H]2C[C@@H](O)[C@H](NC(=O)c3nsnc3C)C2)no1. The molecule has 1 saturated carbocycles. The molecule has 140 valence electrons. The standard InChI is InChI=1S/C16H21N5O4S/c1-8-4-11(18-25-8)7-21(3)16(24)10-5-12(13(22)6-10)17-15(23)14-9(2)19-26-20-14/h4,10,12-13,22H,5-7H2,1-3H3,(H,17,23)/t10-,12+,13+/m0/s1. The van der Waals surface area contributed by atoms with Crippen LogP contribution in [-0.2, 0) is 11.3 Å². The lowest BCUT2D eigenvalue weighted by atomic mass is 10.1. The molecule has 0 aromatic carbocycles. The molecule has 1 aliphatic rings. The summed E-state index contributed by atoms with van der Waals surface area (Å²) in [4.78, 5) is 26.5. The van der Waals surface area contributed by atoms with E-state index in [0.717, 1.165) is 11.7 Å². The number of carbonyl (C=O) groups is 2. The van der Waals surface area contributed by atoms with E-state index >= 15 is 0 Å². The van der Waals surface area contributed by atoms with Gasteiger partial charge in [0.25, 0.3) is 5.91 Å². The third kappa shape index (κ3) is 3.91. The third-order valence-electron chi connectivity index (χ3n) is 4.51.